The fraction of sp³-hybridized carbons (Fsp3) is 0.389. The number of alkyl halides is 3. The normalized spacial score (nSPS) is 14.9. The third-order valence-corrected chi connectivity index (χ3v) is 5.75. The molecule has 1 fully saturated rings. The van der Waals surface area contributed by atoms with Gasteiger partial charge in [0.05, 0.1) is 18.2 Å². The number of rotatable bonds is 4. The van der Waals surface area contributed by atoms with Crippen LogP contribution in [0.15, 0.2) is 30.9 Å². The topological polar surface area (TPSA) is 116 Å². The molecular weight excluding hydrogens is 478 g/mol. The summed E-state index contributed by atoms with van der Waals surface area (Å²) in [6.07, 6.45) is -1.51. The van der Waals surface area contributed by atoms with Crippen molar-refractivity contribution in [1.82, 2.24) is 24.5 Å². The Morgan fingerprint density at radius 3 is 2.31 bits per heavy atom. The van der Waals surface area contributed by atoms with Crippen molar-refractivity contribution in [2.24, 2.45) is 0 Å². The van der Waals surface area contributed by atoms with Crippen LogP contribution in [0.25, 0.3) is 5.69 Å². The lowest BCUT2D eigenvalue weighted by Crippen LogP contribution is -2.37. The minimum atomic E-state index is -5.08. The second-order valence-corrected chi connectivity index (χ2v) is 8.04. The standard InChI is InChI=1S/C18H14Cl2F3N5O4/c19-11-5-9(27-16(30)24-15(29)14(26-27)18(21,22)23)6-12(20)10(11)7-13-25-28(17(31)32-13)8-3-1-2-4-8/h5-6,8H,1-4,7H2,(H,24,29,30). The molecule has 0 unspecified atom stereocenters. The van der Waals surface area contributed by atoms with Crippen molar-refractivity contribution < 1.29 is 17.6 Å². The monoisotopic (exact) mass is 491 g/mol. The summed E-state index contributed by atoms with van der Waals surface area (Å²) in [5.74, 6) is -0.531. The molecule has 1 aromatic carbocycles. The van der Waals surface area contributed by atoms with Crippen molar-refractivity contribution in [1.29, 1.82) is 0 Å². The zero-order valence-electron chi connectivity index (χ0n) is 16.1. The maximum atomic E-state index is 13.0. The Hall–Kier alpha value is -2.86. The lowest BCUT2D eigenvalue weighted by atomic mass is 10.1. The van der Waals surface area contributed by atoms with Gasteiger partial charge in [0.25, 0.3) is 5.56 Å². The first-order chi connectivity index (χ1) is 15.0. The third-order valence-electron chi connectivity index (χ3n) is 5.08. The van der Waals surface area contributed by atoms with E-state index in [1.165, 1.54) is 4.68 Å². The molecule has 1 N–H and O–H groups in total. The van der Waals surface area contributed by atoms with Gasteiger partial charge in [-0.1, -0.05) is 36.0 Å². The molecular formula is C18H14Cl2F3N5O4. The number of aromatic nitrogens is 5. The summed E-state index contributed by atoms with van der Waals surface area (Å²) in [6, 6.07) is 2.28. The molecule has 3 aromatic rings. The maximum Gasteiger partial charge on any atom is 0.440 e. The van der Waals surface area contributed by atoms with Crippen LogP contribution in [0.4, 0.5) is 13.2 Å². The SMILES string of the molecule is O=c1[nH]c(=O)n(-c2cc(Cl)c(Cc3nn(C4CCCC4)c(=O)o3)c(Cl)c2)nc1C(F)(F)F. The lowest BCUT2D eigenvalue weighted by Gasteiger charge is -2.11. The Kier molecular flexibility index (Phi) is 5.76. The van der Waals surface area contributed by atoms with E-state index in [-0.39, 0.29) is 39.6 Å². The van der Waals surface area contributed by atoms with E-state index in [2.05, 4.69) is 10.2 Å². The zero-order chi connectivity index (χ0) is 23.2. The molecule has 1 aliphatic rings. The van der Waals surface area contributed by atoms with Crippen LogP contribution in [-0.2, 0) is 12.6 Å². The second-order valence-electron chi connectivity index (χ2n) is 7.23. The third kappa shape index (κ3) is 4.24. The molecule has 0 amide bonds. The molecule has 9 nitrogen and oxygen atoms in total. The first kappa shape index (κ1) is 22.3. The number of hydrogen-bond donors (Lipinski definition) is 1. The highest BCUT2D eigenvalue weighted by Crippen LogP contribution is 2.31. The number of benzene rings is 1. The van der Waals surface area contributed by atoms with Gasteiger partial charge in [0, 0.05) is 10.0 Å². The molecule has 0 radical (unpaired) electrons. The van der Waals surface area contributed by atoms with Crippen LogP contribution in [0.1, 0.15) is 48.9 Å². The van der Waals surface area contributed by atoms with Gasteiger partial charge < -0.3 is 4.42 Å². The molecule has 170 valence electrons. The lowest BCUT2D eigenvalue weighted by molar-refractivity contribution is -0.143. The molecule has 2 aromatic heterocycles. The summed E-state index contributed by atoms with van der Waals surface area (Å²) in [7, 11) is 0. The molecule has 2 heterocycles. The fourth-order valence-electron chi connectivity index (χ4n) is 3.57. The van der Waals surface area contributed by atoms with Crippen molar-refractivity contribution >= 4 is 23.2 Å². The van der Waals surface area contributed by atoms with Crippen molar-refractivity contribution in [3.63, 3.8) is 0 Å². The van der Waals surface area contributed by atoms with Gasteiger partial charge in [0.2, 0.25) is 11.6 Å². The first-order valence-corrected chi connectivity index (χ1v) is 10.2. The number of aromatic amines is 1. The Morgan fingerprint density at radius 2 is 1.72 bits per heavy atom. The van der Waals surface area contributed by atoms with E-state index in [0.717, 1.165) is 37.8 Å². The van der Waals surface area contributed by atoms with Crippen LogP contribution >= 0.6 is 23.2 Å². The van der Waals surface area contributed by atoms with E-state index in [0.29, 0.717) is 4.68 Å². The molecule has 0 saturated heterocycles. The summed E-state index contributed by atoms with van der Waals surface area (Å²) < 4.78 is 45.8. The minimum Gasteiger partial charge on any atom is -0.392 e. The number of hydrogen-bond acceptors (Lipinski definition) is 6. The van der Waals surface area contributed by atoms with Gasteiger partial charge in [0.15, 0.2) is 0 Å². The molecule has 0 atom stereocenters. The molecule has 0 aliphatic heterocycles. The predicted molar refractivity (Wildman–Crippen MR) is 107 cm³/mol. The van der Waals surface area contributed by atoms with Crippen molar-refractivity contribution in [2.45, 2.75) is 44.3 Å². The average Bonchev–Trinajstić information content (AvgIpc) is 3.33. The number of halogens is 5. The molecule has 1 aliphatic carbocycles. The fourth-order valence-corrected chi connectivity index (χ4v) is 4.18. The Labute approximate surface area is 186 Å². The van der Waals surface area contributed by atoms with Gasteiger partial charge >= 0.3 is 17.6 Å². The number of nitrogens with zero attached hydrogens (tertiary/aromatic N) is 4. The summed E-state index contributed by atoms with van der Waals surface area (Å²) in [5.41, 5.74) is -4.59. The van der Waals surface area contributed by atoms with E-state index in [1.54, 1.807) is 4.98 Å². The molecule has 14 heteroatoms. The Bertz CT molecular complexity index is 1330. The maximum absolute atomic E-state index is 13.0. The Morgan fingerprint density at radius 1 is 1.09 bits per heavy atom. The largest absolute Gasteiger partial charge is 0.440 e. The van der Waals surface area contributed by atoms with Crippen LogP contribution < -0.4 is 17.0 Å². The summed E-state index contributed by atoms with van der Waals surface area (Å²) >= 11 is 12.5. The van der Waals surface area contributed by atoms with Gasteiger partial charge in [-0.15, -0.1) is 5.10 Å². The molecule has 4 rings (SSSR count). The van der Waals surface area contributed by atoms with Gasteiger partial charge in [-0.25, -0.2) is 9.59 Å². The van der Waals surface area contributed by atoms with E-state index >= 15 is 0 Å². The van der Waals surface area contributed by atoms with E-state index in [4.69, 9.17) is 27.6 Å². The first-order valence-electron chi connectivity index (χ1n) is 9.42. The van der Waals surface area contributed by atoms with Gasteiger partial charge in [-0.2, -0.15) is 27.6 Å². The Balaban J connectivity index is 1.70. The average molecular weight is 492 g/mol. The van der Waals surface area contributed by atoms with E-state index < -0.39 is 28.9 Å². The highest BCUT2D eigenvalue weighted by atomic mass is 35.5. The summed E-state index contributed by atoms with van der Waals surface area (Å²) in [5, 5.41) is 7.25. The van der Waals surface area contributed by atoms with Crippen LogP contribution in [0, 0.1) is 0 Å². The van der Waals surface area contributed by atoms with Gasteiger partial charge in [-0.3, -0.25) is 9.78 Å². The minimum absolute atomic E-state index is 0.0287. The van der Waals surface area contributed by atoms with Crippen molar-refractivity contribution in [3.8, 4) is 5.69 Å². The number of nitrogens with one attached hydrogen (secondary N) is 1. The molecule has 0 spiro atoms. The van der Waals surface area contributed by atoms with Crippen LogP contribution in [-0.4, -0.2) is 24.5 Å². The molecule has 1 saturated carbocycles. The highest BCUT2D eigenvalue weighted by Gasteiger charge is 2.37. The van der Waals surface area contributed by atoms with Gasteiger partial charge in [-0.05, 0) is 30.5 Å². The van der Waals surface area contributed by atoms with E-state index in [9.17, 15) is 27.6 Å². The summed E-state index contributed by atoms with van der Waals surface area (Å²) in [4.78, 5) is 37.1. The molecule has 0 bridgehead atoms. The van der Waals surface area contributed by atoms with Crippen LogP contribution in [0.5, 0.6) is 0 Å². The second kappa shape index (κ2) is 8.24. The van der Waals surface area contributed by atoms with E-state index in [1.807, 2.05) is 0 Å². The van der Waals surface area contributed by atoms with Crippen molar-refractivity contribution in [3.05, 3.63) is 70.7 Å². The van der Waals surface area contributed by atoms with Crippen LogP contribution in [0.2, 0.25) is 10.0 Å². The zero-order valence-corrected chi connectivity index (χ0v) is 17.6. The van der Waals surface area contributed by atoms with Crippen molar-refractivity contribution in [2.75, 3.05) is 0 Å². The van der Waals surface area contributed by atoms with Crippen LogP contribution in [0.3, 0.4) is 0 Å². The smallest absolute Gasteiger partial charge is 0.392 e. The quantitative estimate of drug-likeness (QED) is 0.599. The predicted octanol–water partition coefficient (Wildman–Crippen LogP) is 3.10. The van der Waals surface area contributed by atoms with Gasteiger partial charge in [0.1, 0.15) is 0 Å². The highest BCUT2D eigenvalue weighted by molar-refractivity contribution is 6.36. The number of H-pyrrole nitrogens is 1. The molecule has 32 heavy (non-hydrogen) atoms. The summed E-state index contributed by atoms with van der Waals surface area (Å²) in [6.45, 7) is 0.